The van der Waals surface area contributed by atoms with Crippen molar-refractivity contribution >= 4 is 10.8 Å². The summed E-state index contributed by atoms with van der Waals surface area (Å²) in [7, 11) is 0. The molecule has 1 heterocycles. The van der Waals surface area contributed by atoms with E-state index >= 15 is 0 Å². The third-order valence-corrected chi connectivity index (χ3v) is 11.5. The van der Waals surface area contributed by atoms with E-state index in [4.69, 9.17) is 9.97 Å². The Balaban J connectivity index is 1.06. The Morgan fingerprint density at radius 3 is 1.56 bits per heavy atom. The molecule has 248 valence electrons. The van der Waals surface area contributed by atoms with Crippen molar-refractivity contribution in [2.45, 2.75) is 37.5 Å². The number of hydrogen-bond acceptors (Lipinski definition) is 2. The Hall–Kier alpha value is -6.12. The van der Waals surface area contributed by atoms with E-state index in [-0.39, 0.29) is 5.41 Å². The molecule has 1 saturated carbocycles. The van der Waals surface area contributed by atoms with Crippen molar-refractivity contribution in [2.75, 3.05) is 0 Å². The van der Waals surface area contributed by atoms with Gasteiger partial charge in [0.15, 0.2) is 5.82 Å². The molecule has 1 spiro atoms. The standard InChI is InChI=1S/C50H38N2/c1-4-13-34(14-5-1)35-21-25-37(26-22-35)46-33-47(52-49(51-46)39-15-6-2-7-16-39)38-27-23-36(24-28-38)42-19-12-20-44-48(42)43-31-40-17-8-9-18-41(40)32-45(43)50(44)29-10-3-11-30-50/h1-2,4-9,12-28,31-33H,3,10-11,29-30H2. The van der Waals surface area contributed by atoms with Gasteiger partial charge in [-0.05, 0) is 86.3 Å². The second kappa shape index (κ2) is 12.6. The molecule has 0 N–H and O–H groups in total. The van der Waals surface area contributed by atoms with Gasteiger partial charge in [-0.15, -0.1) is 0 Å². The largest absolute Gasteiger partial charge is 0.228 e. The first-order valence-corrected chi connectivity index (χ1v) is 18.6. The fourth-order valence-corrected chi connectivity index (χ4v) is 8.91. The van der Waals surface area contributed by atoms with E-state index in [2.05, 4.69) is 152 Å². The van der Waals surface area contributed by atoms with Crippen LogP contribution in [0.1, 0.15) is 43.2 Å². The molecule has 7 aromatic carbocycles. The van der Waals surface area contributed by atoms with Crippen LogP contribution in [0.2, 0.25) is 0 Å². The Morgan fingerprint density at radius 1 is 0.365 bits per heavy atom. The maximum atomic E-state index is 5.13. The molecule has 2 nitrogen and oxygen atoms in total. The minimum absolute atomic E-state index is 0.105. The van der Waals surface area contributed by atoms with Gasteiger partial charge in [0.25, 0.3) is 0 Å². The molecule has 0 radical (unpaired) electrons. The third kappa shape index (κ3) is 5.17. The van der Waals surface area contributed by atoms with Gasteiger partial charge in [-0.2, -0.15) is 0 Å². The molecule has 1 fully saturated rings. The van der Waals surface area contributed by atoms with Gasteiger partial charge >= 0.3 is 0 Å². The molecule has 0 aliphatic heterocycles. The first-order chi connectivity index (χ1) is 25.7. The average molecular weight is 667 g/mol. The second-order valence-electron chi connectivity index (χ2n) is 14.5. The minimum atomic E-state index is 0.105. The van der Waals surface area contributed by atoms with Crippen LogP contribution in [0.25, 0.3) is 78.1 Å². The number of benzene rings is 7. The quantitative estimate of drug-likeness (QED) is 0.183. The highest BCUT2D eigenvalue weighted by atomic mass is 14.9. The molecule has 2 aliphatic carbocycles. The maximum Gasteiger partial charge on any atom is 0.160 e. The second-order valence-corrected chi connectivity index (χ2v) is 14.5. The lowest BCUT2D eigenvalue weighted by Crippen LogP contribution is -2.28. The van der Waals surface area contributed by atoms with Crippen molar-refractivity contribution in [1.82, 2.24) is 9.97 Å². The van der Waals surface area contributed by atoms with Crippen LogP contribution in [0, 0.1) is 0 Å². The fraction of sp³-hybridized carbons (Fsp3) is 0.120. The van der Waals surface area contributed by atoms with Crippen LogP contribution in [-0.4, -0.2) is 9.97 Å². The Labute approximate surface area is 305 Å². The highest BCUT2D eigenvalue weighted by molar-refractivity contribution is 5.99. The first kappa shape index (κ1) is 30.7. The van der Waals surface area contributed by atoms with Crippen molar-refractivity contribution in [3.8, 4) is 67.3 Å². The molecule has 2 aliphatic rings. The van der Waals surface area contributed by atoms with Gasteiger partial charge in [0.1, 0.15) is 0 Å². The molecule has 10 rings (SSSR count). The van der Waals surface area contributed by atoms with E-state index in [9.17, 15) is 0 Å². The van der Waals surface area contributed by atoms with Crippen molar-refractivity contribution in [1.29, 1.82) is 0 Å². The summed E-state index contributed by atoms with van der Waals surface area (Å²) < 4.78 is 0. The maximum absolute atomic E-state index is 5.13. The van der Waals surface area contributed by atoms with Gasteiger partial charge in [-0.1, -0.05) is 171 Å². The molecule has 0 unspecified atom stereocenters. The van der Waals surface area contributed by atoms with Crippen LogP contribution in [0.4, 0.5) is 0 Å². The lowest BCUT2D eigenvalue weighted by atomic mass is 9.67. The highest BCUT2D eigenvalue weighted by Gasteiger charge is 2.44. The molecular formula is C50H38N2. The van der Waals surface area contributed by atoms with Gasteiger partial charge in [0.2, 0.25) is 0 Å². The van der Waals surface area contributed by atoms with E-state index in [1.807, 2.05) is 18.2 Å². The van der Waals surface area contributed by atoms with Crippen molar-refractivity contribution < 1.29 is 0 Å². The zero-order valence-corrected chi connectivity index (χ0v) is 29.1. The number of fused-ring (bicyclic) bond motifs is 6. The van der Waals surface area contributed by atoms with Crippen molar-refractivity contribution in [3.63, 3.8) is 0 Å². The van der Waals surface area contributed by atoms with Gasteiger partial charge in [0, 0.05) is 22.1 Å². The molecule has 52 heavy (non-hydrogen) atoms. The molecular weight excluding hydrogens is 629 g/mol. The van der Waals surface area contributed by atoms with Gasteiger partial charge in [-0.3, -0.25) is 0 Å². The SMILES string of the molecule is c1ccc(-c2ccc(-c3cc(-c4ccc(-c5cccc6c5-c5cc7ccccc7cc5C65CCCCC5)cc4)nc(-c4ccccc4)n3)cc2)cc1. The summed E-state index contributed by atoms with van der Waals surface area (Å²) >= 11 is 0. The summed E-state index contributed by atoms with van der Waals surface area (Å²) in [4.78, 5) is 10.2. The van der Waals surface area contributed by atoms with E-state index in [0.29, 0.717) is 0 Å². The molecule has 0 bridgehead atoms. The first-order valence-electron chi connectivity index (χ1n) is 18.6. The topological polar surface area (TPSA) is 25.8 Å². The summed E-state index contributed by atoms with van der Waals surface area (Å²) in [5.41, 5.74) is 15.9. The molecule has 8 aromatic rings. The van der Waals surface area contributed by atoms with Crippen LogP contribution in [-0.2, 0) is 5.41 Å². The van der Waals surface area contributed by atoms with Crippen LogP contribution in [0.3, 0.4) is 0 Å². The fourth-order valence-electron chi connectivity index (χ4n) is 8.91. The predicted molar refractivity (Wildman–Crippen MR) is 216 cm³/mol. The monoisotopic (exact) mass is 666 g/mol. The number of aromatic nitrogens is 2. The average Bonchev–Trinajstić information content (AvgIpc) is 3.48. The summed E-state index contributed by atoms with van der Waals surface area (Å²) in [6, 6.07) is 61.5. The van der Waals surface area contributed by atoms with E-state index < -0.39 is 0 Å². The smallest absolute Gasteiger partial charge is 0.160 e. The zero-order chi connectivity index (χ0) is 34.5. The van der Waals surface area contributed by atoms with E-state index in [1.54, 1.807) is 0 Å². The molecule has 2 heteroatoms. The summed E-state index contributed by atoms with van der Waals surface area (Å²) in [6.07, 6.45) is 6.35. The van der Waals surface area contributed by atoms with Crippen LogP contribution < -0.4 is 0 Å². The normalized spacial score (nSPS) is 14.3. The van der Waals surface area contributed by atoms with Crippen molar-refractivity contribution in [2.24, 2.45) is 0 Å². The molecule has 0 saturated heterocycles. The summed E-state index contributed by atoms with van der Waals surface area (Å²) in [5, 5.41) is 2.66. The third-order valence-electron chi connectivity index (χ3n) is 11.5. The van der Waals surface area contributed by atoms with E-state index in [0.717, 1.165) is 33.9 Å². The van der Waals surface area contributed by atoms with Crippen LogP contribution in [0.5, 0.6) is 0 Å². The highest BCUT2D eigenvalue weighted by Crippen LogP contribution is 2.58. The van der Waals surface area contributed by atoms with Gasteiger partial charge in [0.05, 0.1) is 11.4 Å². The Morgan fingerprint density at radius 2 is 0.904 bits per heavy atom. The van der Waals surface area contributed by atoms with Crippen LogP contribution >= 0.6 is 0 Å². The molecule has 1 aromatic heterocycles. The van der Waals surface area contributed by atoms with Gasteiger partial charge in [-0.25, -0.2) is 9.97 Å². The number of hydrogen-bond donors (Lipinski definition) is 0. The lowest BCUT2D eigenvalue weighted by molar-refractivity contribution is 0.353. The predicted octanol–water partition coefficient (Wildman–Crippen LogP) is 13.2. The van der Waals surface area contributed by atoms with E-state index in [1.165, 1.54) is 87.4 Å². The Kier molecular flexibility index (Phi) is 7.42. The van der Waals surface area contributed by atoms with Crippen LogP contribution in [0.15, 0.2) is 170 Å². The van der Waals surface area contributed by atoms with Crippen molar-refractivity contribution in [3.05, 3.63) is 181 Å². The minimum Gasteiger partial charge on any atom is -0.228 e. The lowest BCUT2D eigenvalue weighted by Gasteiger charge is -2.36. The van der Waals surface area contributed by atoms with Gasteiger partial charge < -0.3 is 0 Å². The Bertz CT molecular complexity index is 2560. The zero-order valence-electron chi connectivity index (χ0n) is 29.1. The molecule has 0 atom stereocenters. The number of nitrogens with zero attached hydrogens (tertiary/aromatic N) is 2. The number of rotatable bonds is 5. The summed E-state index contributed by atoms with van der Waals surface area (Å²) in [6.45, 7) is 0. The summed E-state index contributed by atoms with van der Waals surface area (Å²) in [5.74, 6) is 0.729. The molecule has 0 amide bonds.